The van der Waals surface area contributed by atoms with Crippen LogP contribution in [0.25, 0.3) is 11.3 Å². The van der Waals surface area contributed by atoms with Gasteiger partial charge in [-0.3, -0.25) is 0 Å². The van der Waals surface area contributed by atoms with Gasteiger partial charge >= 0.3 is 5.97 Å². The summed E-state index contributed by atoms with van der Waals surface area (Å²) in [5.41, 5.74) is 0.415. The van der Waals surface area contributed by atoms with Gasteiger partial charge in [0, 0.05) is 11.6 Å². The van der Waals surface area contributed by atoms with E-state index in [0.29, 0.717) is 5.56 Å². The van der Waals surface area contributed by atoms with Gasteiger partial charge in [0.25, 0.3) is 0 Å². The van der Waals surface area contributed by atoms with E-state index >= 15 is 0 Å². The first-order chi connectivity index (χ1) is 8.11. The summed E-state index contributed by atoms with van der Waals surface area (Å²) in [4.78, 5) is 11.1. The number of benzene rings is 1. The van der Waals surface area contributed by atoms with Gasteiger partial charge in [-0.15, -0.1) is 0 Å². The van der Waals surface area contributed by atoms with Crippen LogP contribution in [0.1, 0.15) is 10.5 Å². The zero-order valence-corrected chi connectivity index (χ0v) is 8.81. The van der Waals surface area contributed by atoms with Crippen molar-refractivity contribution in [3.63, 3.8) is 0 Å². The lowest BCUT2D eigenvalue weighted by molar-refractivity contribution is 0.0589. The van der Waals surface area contributed by atoms with Gasteiger partial charge < -0.3 is 14.4 Å². The third kappa shape index (κ3) is 2.10. The first kappa shape index (κ1) is 11.1. The maximum atomic E-state index is 12.8. The van der Waals surface area contributed by atoms with E-state index < -0.39 is 17.5 Å². The van der Waals surface area contributed by atoms with E-state index in [1.54, 1.807) is 0 Å². The molecule has 0 unspecified atom stereocenters. The molecule has 0 spiro atoms. The highest BCUT2D eigenvalue weighted by atomic mass is 19.1. The van der Waals surface area contributed by atoms with Crippen molar-refractivity contribution in [1.82, 2.24) is 5.16 Å². The van der Waals surface area contributed by atoms with E-state index in [0.717, 1.165) is 6.07 Å². The molecule has 1 heterocycles. The fraction of sp³-hybridized carbons (Fsp3) is 0.0909. The van der Waals surface area contributed by atoms with Crippen molar-refractivity contribution in [2.75, 3.05) is 7.11 Å². The minimum Gasteiger partial charge on any atom is -0.505 e. The van der Waals surface area contributed by atoms with E-state index in [-0.39, 0.29) is 11.5 Å². The number of hydrogen-bond acceptors (Lipinski definition) is 5. The number of esters is 1. The average Bonchev–Trinajstić information content (AvgIpc) is 2.81. The molecule has 0 saturated carbocycles. The Morgan fingerprint density at radius 1 is 1.47 bits per heavy atom. The van der Waals surface area contributed by atoms with Crippen molar-refractivity contribution in [2.45, 2.75) is 0 Å². The SMILES string of the molecule is COC(=O)c1cc(-c2ccc(F)c(O)c2)on1. The Kier molecular flexibility index (Phi) is 2.78. The molecular formula is C11H8FNO4. The third-order valence-corrected chi connectivity index (χ3v) is 2.14. The molecule has 6 heteroatoms. The molecule has 17 heavy (non-hydrogen) atoms. The molecule has 0 aliphatic heterocycles. The number of carbonyl (C=O) groups is 1. The monoisotopic (exact) mass is 237 g/mol. The number of ether oxygens (including phenoxy) is 1. The van der Waals surface area contributed by atoms with Gasteiger partial charge in [-0.05, 0) is 18.2 Å². The van der Waals surface area contributed by atoms with Gasteiger partial charge in [0.1, 0.15) is 0 Å². The summed E-state index contributed by atoms with van der Waals surface area (Å²) in [5, 5.41) is 12.7. The van der Waals surface area contributed by atoms with Crippen LogP contribution in [0, 0.1) is 5.82 Å². The number of aromatic hydroxyl groups is 1. The maximum Gasteiger partial charge on any atom is 0.360 e. The molecule has 0 aliphatic carbocycles. The molecule has 0 atom stereocenters. The van der Waals surface area contributed by atoms with Crippen molar-refractivity contribution in [3.8, 4) is 17.1 Å². The number of aromatic nitrogens is 1. The minimum atomic E-state index is -0.735. The Balaban J connectivity index is 2.37. The lowest BCUT2D eigenvalue weighted by Gasteiger charge is -1.97. The van der Waals surface area contributed by atoms with Gasteiger partial charge in [-0.2, -0.15) is 0 Å². The smallest absolute Gasteiger partial charge is 0.360 e. The first-order valence-electron chi connectivity index (χ1n) is 4.65. The highest BCUT2D eigenvalue weighted by molar-refractivity contribution is 5.88. The van der Waals surface area contributed by atoms with E-state index in [2.05, 4.69) is 9.89 Å². The summed E-state index contributed by atoms with van der Waals surface area (Å²) in [6.45, 7) is 0. The van der Waals surface area contributed by atoms with Crippen molar-refractivity contribution in [2.24, 2.45) is 0 Å². The Morgan fingerprint density at radius 2 is 2.24 bits per heavy atom. The summed E-state index contributed by atoms with van der Waals surface area (Å²) in [6.07, 6.45) is 0. The molecule has 1 N–H and O–H groups in total. The average molecular weight is 237 g/mol. The molecular weight excluding hydrogens is 229 g/mol. The van der Waals surface area contributed by atoms with Crippen LogP contribution in [-0.4, -0.2) is 23.3 Å². The maximum absolute atomic E-state index is 12.8. The largest absolute Gasteiger partial charge is 0.505 e. The molecule has 2 rings (SSSR count). The summed E-state index contributed by atoms with van der Waals surface area (Å²) in [6, 6.07) is 5.01. The molecule has 0 bridgehead atoms. The molecule has 5 nitrogen and oxygen atoms in total. The van der Waals surface area contributed by atoms with Crippen LogP contribution in [0.3, 0.4) is 0 Å². The molecule has 0 radical (unpaired) electrons. The van der Waals surface area contributed by atoms with Crippen LogP contribution in [0.5, 0.6) is 5.75 Å². The summed E-state index contributed by atoms with van der Waals surface area (Å²) < 4.78 is 22.2. The fourth-order valence-corrected chi connectivity index (χ4v) is 1.28. The highest BCUT2D eigenvalue weighted by Crippen LogP contribution is 2.26. The van der Waals surface area contributed by atoms with Gasteiger partial charge in [0.05, 0.1) is 7.11 Å². The van der Waals surface area contributed by atoms with Crippen LogP contribution in [0.15, 0.2) is 28.8 Å². The van der Waals surface area contributed by atoms with Gasteiger partial charge in [-0.1, -0.05) is 5.16 Å². The van der Waals surface area contributed by atoms with Crippen LogP contribution < -0.4 is 0 Å². The molecule has 1 aromatic carbocycles. The first-order valence-corrected chi connectivity index (χ1v) is 4.65. The van der Waals surface area contributed by atoms with Crippen LogP contribution in [-0.2, 0) is 4.74 Å². The van der Waals surface area contributed by atoms with Crippen molar-refractivity contribution in [1.29, 1.82) is 0 Å². The van der Waals surface area contributed by atoms with Gasteiger partial charge in [-0.25, -0.2) is 9.18 Å². The molecule has 0 amide bonds. The fourth-order valence-electron chi connectivity index (χ4n) is 1.28. The summed E-state index contributed by atoms with van der Waals surface area (Å²) in [7, 11) is 1.22. The third-order valence-electron chi connectivity index (χ3n) is 2.14. The second-order valence-electron chi connectivity index (χ2n) is 3.23. The van der Waals surface area contributed by atoms with Gasteiger partial charge in [0.15, 0.2) is 23.0 Å². The number of rotatable bonds is 2. The standard InChI is InChI=1S/C11H8FNO4/c1-16-11(15)8-5-10(17-13-8)6-2-3-7(12)9(14)4-6/h2-5,14H,1H3. The molecule has 0 saturated heterocycles. The van der Waals surface area contributed by atoms with Crippen LogP contribution >= 0.6 is 0 Å². The second-order valence-corrected chi connectivity index (χ2v) is 3.23. The number of hydrogen-bond donors (Lipinski definition) is 1. The van der Waals surface area contributed by atoms with Gasteiger partial charge in [0.2, 0.25) is 0 Å². The van der Waals surface area contributed by atoms with E-state index in [9.17, 15) is 14.3 Å². The van der Waals surface area contributed by atoms with Crippen LogP contribution in [0.4, 0.5) is 4.39 Å². The summed E-state index contributed by atoms with van der Waals surface area (Å²) >= 11 is 0. The number of phenols is 1. The Bertz CT molecular complexity index is 564. The molecule has 1 aromatic heterocycles. The highest BCUT2D eigenvalue weighted by Gasteiger charge is 2.14. The number of phenolic OH excluding ortho intramolecular Hbond substituents is 1. The van der Waals surface area contributed by atoms with Crippen molar-refractivity contribution >= 4 is 5.97 Å². The van der Waals surface area contributed by atoms with E-state index in [1.165, 1.54) is 25.3 Å². The van der Waals surface area contributed by atoms with Crippen molar-refractivity contribution in [3.05, 3.63) is 35.8 Å². The number of carbonyl (C=O) groups excluding carboxylic acids is 1. The molecule has 0 fully saturated rings. The summed E-state index contributed by atoms with van der Waals surface area (Å²) in [5.74, 6) is -1.63. The number of methoxy groups -OCH3 is 1. The predicted molar refractivity (Wildman–Crippen MR) is 54.9 cm³/mol. The Morgan fingerprint density at radius 3 is 2.88 bits per heavy atom. The second kappa shape index (κ2) is 4.25. The van der Waals surface area contributed by atoms with Crippen LogP contribution in [0.2, 0.25) is 0 Å². The lowest BCUT2D eigenvalue weighted by Crippen LogP contribution is -2.00. The molecule has 0 aliphatic rings. The van der Waals surface area contributed by atoms with Crippen molar-refractivity contribution < 1.29 is 23.6 Å². The normalized spacial score (nSPS) is 10.2. The Hall–Kier alpha value is -2.37. The zero-order chi connectivity index (χ0) is 12.4. The molecule has 2 aromatic rings. The van der Waals surface area contributed by atoms with E-state index in [1.807, 2.05) is 0 Å². The topological polar surface area (TPSA) is 72.6 Å². The quantitative estimate of drug-likeness (QED) is 0.808. The van der Waals surface area contributed by atoms with E-state index in [4.69, 9.17) is 4.52 Å². The minimum absolute atomic E-state index is 0.00585. The Labute approximate surface area is 95.4 Å². The lowest BCUT2D eigenvalue weighted by atomic mass is 10.1. The molecule has 88 valence electrons. The predicted octanol–water partition coefficient (Wildman–Crippen LogP) is 1.97. The zero-order valence-electron chi connectivity index (χ0n) is 8.81. The number of nitrogens with zero attached hydrogens (tertiary/aromatic N) is 1. The number of halogens is 1.